The van der Waals surface area contributed by atoms with E-state index in [1.54, 1.807) is 0 Å². The standard InChI is InChI=1S/C56H36N2O/c1-2-16-40-35-55-51(34-39(40)15-1)50-26-13-25-49(56(50)59-55)48-23-7-8-27-52(48)57(41-32-30-38(31-33-41)45-24-11-17-37-14-3-4-20-44(37)45)42-18-12-19-43(36-42)58-53-28-9-5-21-46(53)47-22-6-10-29-54(47)58/h1-36H. The maximum absolute atomic E-state index is 6.82. The lowest BCUT2D eigenvalue weighted by Gasteiger charge is -2.28. The van der Waals surface area contributed by atoms with Crippen LogP contribution >= 0.6 is 0 Å². The van der Waals surface area contributed by atoms with E-state index >= 15 is 0 Å². The summed E-state index contributed by atoms with van der Waals surface area (Å²) in [5.74, 6) is 0. The number of hydrogen-bond acceptors (Lipinski definition) is 2. The van der Waals surface area contributed by atoms with Crippen molar-refractivity contribution in [3.05, 3.63) is 218 Å². The average molecular weight is 753 g/mol. The van der Waals surface area contributed by atoms with Gasteiger partial charge >= 0.3 is 0 Å². The van der Waals surface area contributed by atoms with Crippen LogP contribution in [-0.2, 0) is 0 Å². The van der Waals surface area contributed by atoms with Crippen LogP contribution in [-0.4, -0.2) is 4.57 Å². The fourth-order valence-corrected chi connectivity index (χ4v) is 9.26. The first kappa shape index (κ1) is 33.3. The predicted octanol–water partition coefficient (Wildman–Crippen LogP) is 15.8. The maximum atomic E-state index is 6.82. The van der Waals surface area contributed by atoms with Gasteiger partial charge in [-0.1, -0.05) is 158 Å². The van der Waals surface area contributed by atoms with Crippen LogP contribution in [0.2, 0.25) is 0 Å². The van der Waals surface area contributed by atoms with E-state index in [-0.39, 0.29) is 0 Å². The smallest absolute Gasteiger partial charge is 0.143 e. The first-order valence-electron chi connectivity index (χ1n) is 20.2. The summed E-state index contributed by atoms with van der Waals surface area (Å²) >= 11 is 0. The van der Waals surface area contributed by atoms with Gasteiger partial charge in [-0.15, -0.1) is 0 Å². The Morgan fingerprint density at radius 3 is 1.73 bits per heavy atom. The summed E-state index contributed by atoms with van der Waals surface area (Å²) in [4.78, 5) is 2.40. The molecule has 0 spiro atoms. The van der Waals surface area contributed by atoms with Gasteiger partial charge in [-0.25, -0.2) is 0 Å². The maximum Gasteiger partial charge on any atom is 0.143 e. The molecule has 0 atom stereocenters. The molecule has 59 heavy (non-hydrogen) atoms. The summed E-state index contributed by atoms with van der Waals surface area (Å²) in [5.41, 5.74) is 12.9. The number of nitrogens with zero attached hydrogens (tertiary/aromatic N) is 2. The van der Waals surface area contributed by atoms with Crippen molar-refractivity contribution in [1.82, 2.24) is 4.57 Å². The Balaban J connectivity index is 1.07. The highest BCUT2D eigenvalue weighted by Crippen LogP contribution is 2.46. The quantitative estimate of drug-likeness (QED) is 0.169. The molecular weight excluding hydrogens is 717 g/mol. The zero-order chi connectivity index (χ0) is 38.9. The normalized spacial score (nSPS) is 11.7. The van der Waals surface area contributed by atoms with E-state index in [0.717, 1.165) is 55.8 Å². The van der Waals surface area contributed by atoms with Gasteiger partial charge in [0.2, 0.25) is 0 Å². The largest absolute Gasteiger partial charge is 0.455 e. The van der Waals surface area contributed by atoms with Crippen LogP contribution in [0.5, 0.6) is 0 Å². The lowest BCUT2D eigenvalue weighted by Crippen LogP contribution is -2.12. The van der Waals surface area contributed by atoms with Crippen molar-refractivity contribution >= 4 is 82.4 Å². The van der Waals surface area contributed by atoms with Crippen LogP contribution in [0, 0.1) is 0 Å². The summed E-state index contributed by atoms with van der Waals surface area (Å²) in [7, 11) is 0. The highest BCUT2D eigenvalue weighted by Gasteiger charge is 2.22. The second-order valence-electron chi connectivity index (χ2n) is 15.3. The third-order valence-corrected chi connectivity index (χ3v) is 12.0. The average Bonchev–Trinajstić information content (AvgIpc) is 3.84. The van der Waals surface area contributed by atoms with Crippen molar-refractivity contribution in [3.63, 3.8) is 0 Å². The second-order valence-corrected chi connectivity index (χ2v) is 15.3. The molecule has 0 aliphatic carbocycles. The molecule has 12 rings (SSSR count). The molecule has 2 heterocycles. The topological polar surface area (TPSA) is 21.3 Å². The van der Waals surface area contributed by atoms with Crippen molar-refractivity contribution in [2.75, 3.05) is 4.90 Å². The van der Waals surface area contributed by atoms with Gasteiger partial charge < -0.3 is 13.9 Å². The summed E-state index contributed by atoms with van der Waals surface area (Å²) < 4.78 is 9.21. The van der Waals surface area contributed by atoms with Crippen LogP contribution in [0.1, 0.15) is 0 Å². The van der Waals surface area contributed by atoms with Crippen molar-refractivity contribution in [3.8, 4) is 27.9 Å². The Labute approximate surface area is 341 Å². The number of furan rings is 1. The first-order valence-corrected chi connectivity index (χ1v) is 20.2. The molecule has 0 N–H and O–H groups in total. The predicted molar refractivity (Wildman–Crippen MR) is 249 cm³/mol. The van der Waals surface area contributed by atoms with Crippen molar-refractivity contribution in [1.29, 1.82) is 0 Å². The lowest BCUT2D eigenvalue weighted by atomic mass is 9.97. The van der Waals surface area contributed by atoms with Gasteiger partial charge in [0.1, 0.15) is 11.2 Å². The van der Waals surface area contributed by atoms with Crippen molar-refractivity contribution in [2.45, 2.75) is 0 Å². The van der Waals surface area contributed by atoms with E-state index in [1.165, 1.54) is 54.5 Å². The van der Waals surface area contributed by atoms with Crippen molar-refractivity contribution in [2.24, 2.45) is 0 Å². The van der Waals surface area contributed by atoms with Gasteiger partial charge in [0, 0.05) is 49.7 Å². The molecule has 0 radical (unpaired) electrons. The summed E-state index contributed by atoms with van der Waals surface area (Å²) in [6.45, 7) is 0. The van der Waals surface area contributed by atoms with Crippen LogP contribution in [0.4, 0.5) is 17.1 Å². The van der Waals surface area contributed by atoms with E-state index in [4.69, 9.17) is 4.42 Å². The molecule has 2 aromatic heterocycles. The summed E-state index contributed by atoms with van der Waals surface area (Å²) in [6.07, 6.45) is 0. The number of rotatable bonds is 6. The SMILES string of the molecule is c1cc(N(c2ccc(-c3cccc4ccccc34)cc2)c2ccccc2-c2cccc3c2oc2cc4ccccc4cc23)cc(-n2c3ccccc3c3ccccc32)c1. The Kier molecular flexibility index (Phi) is 7.54. The number of anilines is 3. The Bertz CT molecular complexity index is 3510. The van der Waals surface area contributed by atoms with E-state index in [1.807, 2.05) is 0 Å². The van der Waals surface area contributed by atoms with Crippen LogP contribution in [0.25, 0.3) is 93.2 Å². The molecule has 3 nitrogen and oxygen atoms in total. The van der Waals surface area contributed by atoms with Crippen LogP contribution < -0.4 is 4.90 Å². The molecule has 276 valence electrons. The number of fused-ring (bicyclic) bond motifs is 8. The summed E-state index contributed by atoms with van der Waals surface area (Å²) in [6, 6.07) is 78.7. The van der Waals surface area contributed by atoms with Gasteiger partial charge in [0.25, 0.3) is 0 Å². The van der Waals surface area contributed by atoms with E-state index in [9.17, 15) is 0 Å². The number of hydrogen-bond donors (Lipinski definition) is 0. The molecule has 0 amide bonds. The van der Waals surface area contributed by atoms with Gasteiger partial charge in [-0.2, -0.15) is 0 Å². The Morgan fingerprint density at radius 2 is 0.932 bits per heavy atom. The molecular formula is C56H36N2O. The molecule has 12 aromatic rings. The monoisotopic (exact) mass is 752 g/mol. The van der Waals surface area contributed by atoms with Crippen LogP contribution in [0.15, 0.2) is 223 Å². The van der Waals surface area contributed by atoms with E-state index in [0.29, 0.717) is 0 Å². The zero-order valence-corrected chi connectivity index (χ0v) is 32.1. The number of aromatic nitrogens is 1. The minimum Gasteiger partial charge on any atom is -0.455 e. The van der Waals surface area contributed by atoms with Crippen LogP contribution in [0.3, 0.4) is 0 Å². The molecule has 0 saturated carbocycles. The minimum absolute atomic E-state index is 0.885. The molecule has 3 heteroatoms. The molecule has 0 unspecified atom stereocenters. The molecule has 10 aromatic carbocycles. The third kappa shape index (κ3) is 5.36. The van der Waals surface area contributed by atoms with Crippen molar-refractivity contribution < 1.29 is 4.42 Å². The number of para-hydroxylation sites is 4. The van der Waals surface area contributed by atoms with E-state index < -0.39 is 0 Å². The van der Waals surface area contributed by atoms with Gasteiger partial charge in [-0.05, 0) is 93.3 Å². The summed E-state index contributed by atoms with van der Waals surface area (Å²) in [5, 5.41) is 9.57. The molecule has 0 saturated heterocycles. The molecule has 0 aliphatic heterocycles. The fraction of sp³-hybridized carbons (Fsp3) is 0. The van der Waals surface area contributed by atoms with E-state index in [2.05, 4.69) is 228 Å². The van der Waals surface area contributed by atoms with Gasteiger partial charge in [0.15, 0.2) is 0 Å². The second kappa shape index (κ2) is 13.4. The van der Waals surface area contributed by atoms with Gasteiger partial charge in [0.05, 0.1) is 16.7 Å². The molecule has 0 fully saturated rings. The highest BCUT2D eigenvalue weighted by atomic mass is 16.3. The Morgan fingerprint density at radius 1 is 0.356 bits per heavy atom. The zero-order valence-electron chi connectivity index (χ0n) is 32.1. The fourth-order valence-electron chi connectivity index (χ4n) is 9.26. The third-order valence-electron chi connectivity index (χ3n) is 12.0. The number of benzene rings is 10. The Hall–Kier alpha value is -7.88. The first-order chi connectivity index (χ1) is 29.3. The minimum atomic E-state index is 0.885. The van der Waals surface area contributed by atoms with Gasteiger partial charge in [-0.3, -0.25) is 0 Å². The lowest BCUT2D eigenvalue weighted by molar-refractivity contribution is 0.670. The molecule has 0 aliphatic rings. The highest BCUT2D eigenvalue weighted by molar-refractivity contribution is 6.14. The molecule has 0 bridgehead atoms.